The zero-order chi connectivity index (χ0) is 11.5. The highest BCUT2D eigenvalue weighted by molar-refractivity contribution is 5.82. The molecule has 2 aromatic rings. The van der Waals surface area contributed by atoms with Crippen molar-refractivity contribution in [3.63, 3.8) is 0 Å². The Hall–Kier alpha value is -1.52. The Kier molecular flexibility index (Phi) is 3.12. The summed E-state index contributed by atoms with van der Waals surface area (Å²) in [4.78, 5) is 3.24. The van der Waals surface area contributed by atoms with Crippen molar-refractivity contribution in [3.8, 4) is 5.75 Å². The number of aromatic nitrogens is 1. The molecular formula is C12H15NO3. The monoisotopic (exact) mass is 221 g/mol. The summed E-state index contributed by atoms with van der Waals surface area (Å²) < 4.78 is 15.5. The van der Waals surface area contributed by atoms with Gasteiger partial charge in [-0.1, -0.05) is 0 Å². The zero-order valence-corrected chi connectivity index (χ0v) is 9.61. The van der Waals surface area contributed by atoms with E-state index in [4.69, 9.17) is 14.2 Å². The first kappa shape index (κ1) is 11.0. The number of nitrogens with one attached hydrogen (secondary N) is 1. The maximum absolute atomic E-state index is 5.19. The van der Waals surface area contributed by atoms with Gasteiger partial charge in [-0.3, -0.25) is 0 Å². The molecule has 0 aliphatic rings. The van der Waals surface area contributed by atoms with Crippen molar-refractivity contribution in [1.29, 1.82) is 0 Å². The first-order chi connectivity index (χ1) is 7.78. The summed E-state index contributed by atoms with van der Waals surface area (Å²) in [7, 11) is 4.88. The minimum Gasteiger partial charge on any atom is -0.497 e. The first-order valence-corrected chi connectivity index (χ1v) is 5.00. The molecule has 0 aliphatic carbocycles. The third-order valence-electron chi connectivity index (χ3n) is 2.53. The Bertz CT molecular complexity index is 474. The largest absolute Gasteiger partial charge is 0.497 e. The normalized spacial score (nSPS) is 11.2. The van der Waals surface area contributed by atoms with Crippen LogP contribution in [-0.4, -0.2) is 26.3 Å². The van der Waals surface area contributed by atoms with E-state index in [-0.39, 0.29) is 6.29 Å². The van der Waals surface area contributed by atoms with E-state index >= 15 is 0 Å². The van der Waals surface area contributed by atoms with E-state index in [1.807, 2.05) is 24.3 Å². The number of benzene rings is 1. The van der Waals surface area contributed by atoms with Crippen LogP contribution in [-0.2, 0) is 9.47 Å². The number of aromatic amines is 1. The standard InChI is InChI=1S/C12H15NO3/c1-14-9-4-5-10-8(6-9)7-11(13-10)12(15-2)16-3/h4-7,12-13H,1-3H3. The second-order valence-corrected chi connectivity index (χ2v) is 3.48. The highest BCUT2D eigenvalue weighted by Crippen LogP contribution is 2.25. The molecule has 0 amide bonds. The van der Waals surface area contributed by atoms with Gasteiger partial charge in [-0.15, -0.1) is 0 Å². The summed E-state index contributed by atoms with van der Waals surface area (Å²) in [5.74, 6) is 0.837. The molecule has 0 spiro atoms. The predicted octanol–water partition coefficient (Wildman–Crippen LogP) is 2.47. The number of hydrogen-bond acceptors (Lipinski definition) is 3. The number of ether oxygens (including phenoxy) is 3. The van der Waals surface area contributed by atoms with Crippen LogP contribution in [0.1, 0.15) is 12.0 Å². The van der Waals surface area contributed by atoms with Crippen molar-refractivity contribution in [3.05, 3.63) is 30.0 Å². The summed E-state index contributed by atoms with van der Waals surface area (Å²) in [5.41, 5.74) is 1.93. The van der Waals surface area contributed by atoms with Gasteiger partial charge in [-0.25, -0.2) is 0 Å². The van der Waals surface area contributed by atoms with E-state index in [1.54, 1.807) is 21.3 Å². The van der Waals surface area contributed by atoms with Gasteiger partial charge in [0.25, 0.3) is 0 Å². The molecule has 0 aliphatic heterocycles. The van der Waals surface area contributed by atoms with Crippen molar-refractivity contribution in [2.24, 2.45) is 0 Å². The molecule has 4 heteroatoms. The maximum atomic E-state index is 5.19. The molecule has 0 bridgehead atoms. The fraction of sp³-hybridized carbons (Fsp3) is 0.333. The minimum absolute atomic E-state index is 0.363. The molecule has 2 rings (SSSR count). The third kappa shape index (κ3) is 1.89. The van der Waals surface area contributed by atoms with E-state index in [2.05, 4.69) is 4.98 Å². The molecule has 0 fully saturated rings. The molecular weight excluding hydrogens is 206 g/mol. The zero-order valence-electron chi connectivity index (χ0n) is 9.61. The Morgan fingerprint density at radius 1 is 1.06 bits per heavy atom. The van der Waals surface area contributed by atoms with Gasteiger partial charge >= 0.3 is 0 Å². The Labute approximate surface area is 94.1 Å². The highest BCUT2D eigenvalue weighted by atomic mass is 16.7. The van der Waals surface area contributed by atoms with E-state index < -0.39 is 0 Å². The van der Waals surface area contributed by atoms with Gasteiger partial charge in [0.05, 0.1) is 12.8 Å². The summed E-state index contributed by atoms with van der Waals surface area (Å²) in [6.07, 6.45) is -0.363. The topological polar surface area (TPSA) is 43.5 Å². The maximum Gasteiger partial charge on any atom is 0.198 e. The van der Waals surface area contributed by atoms with Gasteiger partial charge in [-0.05, 0) is 24.3 Å². The molecule has 1 aromatic carbocycles. The second-order valence-electron chi connectivity index (χ2n) is 3.48. The smallest absolute Gasteiger partial charge is 0.198 e. The van der Waals surface area contributed by atoms with Crippen molar-refractivity contribution in [2.75, 3.05) is 21.3 Å². The number of hydrogen-bond donors (Lipinski definition) is 1. The summed E-state index contributed by atoms with van der Waals surface area (Å²) in [6.45, 7) is 0. The summed E-state index contributed by atoms with van der Waals surface area (Å²) >= 11 is 0. The van der Waals surface area contributed by atoms with Crippen molar-refractivity contribution >= 4 is 10.9 Å². The fourth-order valence-electron chi connectivity index (χ4n) is 1.74. The van der Waals surface area contributed by atoms with Crippen molar-refractivity contribution in [2.45, 2.75) is 6.29 Å². The van der Waals surface area contributed by atoms with E-state index in [0.29, 0.717) is 0 Å². The molecule has 1 aromatic heterocycles. The van der Waals surface area contributed by atoms with Crippen LogP contribution in [0.25, 0.3) is 10.9 Å². The predicted molar refractivity (Wildman–Crippen MR) is 61.6 cm³/mol. The third-order valence-corrected chi connectivity index (χ3v) is 2.53. The van der Waals surface area contributed by atoms with E-state index in [0.717, 1.165) is 22.3 Å². The van der Waals surface area contributed by atoms with E-state index in [1.165, 1.54) is 0 Å². The SMILES string of the molecule is COc1ccc2[nH]c(C(OC)OC)cc2c1. The highest BCUT2D eigenvalue weighted by Gasteiger charge is 2.12. The van der Waals surface area contributed by atoms with Crippen LogP contribution in [0, 0.1) is 0 Å². The van der Waals surface area contributed by atoms with Crippen LogP contribution in [0.4, 0.5) is 0 Å². The molecule has 1 N–H and O–H groups in total. The number of fused-ring (bicyclic) bond motifs is 1. The lowest BCUT2D eigenvalue weighted by atomic mass is 10.2. The number of rotatable bonds is 4. The van der Waals surface area contributed by atoms with Crippen LogP contribution in [0.2, 0.25) is 0 Å². The molecule has 4 nitrogen and oxygen atoms in total. The van der Waals surface area contributed by atoms with Crippen LogP contribution < -0.4 is 4.74 Å². The Morgan fingerprint density at radius 3 is 2.44 bits per heavy atom. The molecule has 0 saturated carbocycles. The lowest BCUT2D eigenvalue weighted by molar-refractivity contribution is -0.108. The first-order valence-electron chi connectivity index (χ1n) is 5.00. The van der Waals surface area contributed by atoms with Gasteiger partial charge in [-0.2, -0.15) is 0 Å². The Balaban J connectivity index is 2.43. The molecule has 0 radical (unpaired) electrons. The number of methoxy groups -OCH3 is 3. The summed E-state index contributed by atoms with van der Waals surface area (Å²) in [6, 6.07) is 7.85. The van der Waals surface area contributed by atoms with Gasteiger partial charge in [0.2, 0.25) is 0 Å². The van der Waals surface area contributed by atoms with Gasteiger partial charge in [0.1, 0.15) is 5.75 Å². The lowest BCUT2D eigenvalue weighted by Crippen LogP contribution is -2.03. The van der Waals surface area contributed by atoms with Crippen molar-refractivity contribution < 1.29 is 14.2 Å². The van der Waals surface area contributed by atoms with Gasteiger partial charge in [0.15, 0.2) is 6.29 Å². The van der Waals surface area contributed by atoms with Gasteiger partial charge in [0, 0.05) is 25.1 Å². The van der Waals surface area contributed by atoms with Crippen LogP contribution >= 0.6 is 0 Å². The van der Waals surface area contributed by atoms with Crippen LogP contribution in [0.15, 0.2) is 24.3 Å². The minimum atomic E-state index is -0.363. The molecule has 1 heterocycles. The van der Waals surface area contributed by atoms with Crippen molar-refractivity contribution in [1.82, 2.24) is 4.98 Å². The lowest BCUT2D eigenvalue weighted by Gasteiger charge is -2.10. The van der Waals surface area contributed by atoms with Crippen LogP contribution in [0.3, 0.4) is 0 Å². The average molecular weight is 221 g/mol. The van der Waals surface area contributed by atoms with Gasteiger partial charge < -0.3 is 19.2 Å². The Morgan fingerprint density at radius 2 is 1.81 bits per heavy atom. The second kappa shape index (κ2) is 4.55. The quantitative estimate of drug-likeness (QED) is 0.806. The molecule has 0 atom stereocenters. The molecule has 16 heavy (non-hydrogen) atoms. The molecule has 0 saturated heterocycles. The van der Waals surface area contributed by atoms with E-state index in [9.17, 15) is 0 Å². The summed E-state index contributed by atoms with van der Waals surface area (Å²) in [5, 5.41) is 1.08. The molecule has 0 unspecified atom stereocenters. The number of H-pyrrole nitrogens is 1. The average Bonchev–Trinajstić information content (AvgIpc) is 2.72. The fourth-order valence-corrected chi connectivity index (χ4v) is 1.74. The van der Waals surface area contributed by atoms with Crippen LogP contribution in [0.5, 0.6) is 5.75 Å². The molecule has 86 valence electrons.